The Bertz CT molecular complexity index is 974. The molecule has 2 aromatic rings. The molecule has 0 saturated carbocycles. The van der Waals surface area contributed by atoms with Gasteiger partial charge in [-0.1, -0.05) is 6.07 Å². The molecule has 0 bridgehead atoms. The van der Waals surface area contributed by atoms with E-state index in [4.69, 9.17) is 5.26 Å². The van der Waals surface area contributed by atoms with Crippen molar-refractivity contribution < 1.29 is 9.72 Å². The molecule has 0 aliphatic carbocycles. The molecule has 1 amide bonds. The van der Waals surface area contributed by atoms with Gasteiger partial charge in [0.1, 0.15) is 0 Å². The van der Waals surface area contributed by atoms with Crippen molar-refractivity contribution >= 4 is 29.2 Å². The molecule has 1 heterocycles. The van der Waals surface area contributed by atoms with Crippen molar-refractivity contribution in [2.24, 2.45) is 4.99 Å². The van der Waals surface area contributed by atoms with Crippen LogP contribution in [0.15, 0.2) is 47.5 Å². The van der Waals surface area contributed by atoms with E-state index in [-0.39, 0.29) is 17.3 Å². The Morgan fingerprint density at radius 2 is 2.21 bits per heavy atom. The Morgan fingerprint density at radius 3 is 2.89 bits per heavy atom. The minimum atomic E-state index is -0.543. The van der Waals surface area contributed by atoms with E-state index < -0.39 is 10.8 Å². The monoisotopic (exact) mass is 377 g/mol. The second-order valence-corrected chi connectivity index (χ2v) is 6.47. The van der Waals surface area contributed by atoms with Gasteiger partial charge in [0.25, 0.3) is 11.6 Å². The SMILES string of the molecule is CN(C(=O)c1cc([N+](=O)[O-])ccc1N=CC1CCCN1)c1cccc(C#N)c1. The van der Waals surface area contributed by atoms with Crippen LogP contribution in [0.4, 0.5) is 17.1 Å². The number of rotatable bonds is 5. The van der Waals surface area contributed by atoms with Crippen LogP contribution in [0.3, 0.4) is 0 Å². The zero-order valence-corrected chi connectivity index (χ0v) is 15.3. The van der Waals surface area contributed by atoms with Crippen LogP contribution >= 0.6 is 0 Å². The number of carbonyl (C=O) groups excluding carboxylic acids is 1. The summed E-state index contributed by atoms with van der Waals surface area (Å²) in [6.07, 6.45) is 3.75. The number of nitrogens with zero attached hydrogens (tertiary/aromatic N) is 4. The lowest BCUT2D eigenvalue weighted by Crippen LogP contribution is -2.26. The molecule has 1 N–H and O–H groups in total. The summed E-state index contributed by atoms with van der Waals surface area (Å²) in [6, 6.07) is 12.8. The van der Waals surface area contributed by atoms with E-state index in [0.717, 1.165) is 19.4 Å². The molecule has 1 unspecified atom stereocenters. The highest BCUT2D eigenvalue weighted by Gasteiger charge is 2.21. The Hall–Kier alpha value is -3.57. The van der Waals surface area contributed by atoms with Crippen molar-refractivity contribution in [3.63, 3.8) is 0 Å². The molecule has 142 valence electrons. The third kappa shape index (κ3) is 4.22. The highest BCUT2D eigenvalue weighted by atomic mass is 16.6. The van der Waals surface area contributed by atoms with Gasteiger partial charge in [0.05, 0.1) is 27.8 Å². The van der Waals surface area contributed by atoms with Crippen LogP contribution in [-0.4, -0.2) is 36.7 Å². The maximum atomic E-state index is 13.1. The normalized spacial score (nSPS) is 16.1. The molecule has 1 aliphatic rings. The smallest absolute Gasteiger partial charge is 0.270 e. The molecule has 1 atom stereocenters. The minimum absolute atomic E-state index is 0.128. The summed E-state index contributed by atoms with van der Waals surface area (Å²) in [5.41, 5.74) is 1.26. The number of carbonyl (C=O) groups is 1. The summed E-state index contributed by atoms with van der Waals surface area (Å²) in [6.45, 7) is 0.917. The topological polar surface area (TPSA) is 112 Å². The molecule has 1 aliphatic heterocycles. The van der Waals surface area contributed by atoms with E-state index in [0.29, 0.717) is 16.9 Å². The van der Waals surface area contributed by atoms with Gasteiger partial charge in [-0.05, 0) is 43.7 Å². The van der Waals surface area contributed by atoms with Gasteiger partial charge >= 0.3 is 0 Å². The van der Waals surface area contributed by atoms with E-state index in [2.05, 4.69) is 10.3 Å². The molecule has 8 heteroatoms. The van der Waals surface area contributed by atoms with Crippen LogP contribution in [-0.2, 0) is 0 Å². The Balaban J connectivity index is 1.96. The van der Waals surface area contributed by atoms with Crippen LogP contribution in [0.25, 0.3) is 0 Å². The zero-order chi connectivity index (χ0) is 20.1. The Morgan fingerprint density at radius 1 is 1.39 bits per heavy atom. The molecule has 3 rings (SSSR count). The van der Waals surface area contributed by atoms with Gasteiger partial charge in [-0.15, -0.1) is 0 Å². The number of benzene rings is 2. The molecular weight excluding hydrogens is 358 g/mol. The summed E-state index contributed by atoms with van der Waals surface area (Å²) in [5.74, 6) is -0.440. The van der Waals surface area contributed by atoms with Crippen LogP contribution in [0.2, 0.25) is 0 Å². The van der Waals surface area contributed by atoms with E-state index in [1.165, 1.54) is 23.1 Å². The maximum absolute atomic E-state index is 13.1. The van der Waals surface area contributed by atoms with Crippen LogP contribution < -0.4 is 10.2 Å². The predicted octanol–water partition coefficient (Wildman–Crippen LogP) is 3.20. The average molecular weight is 377 g/mol. The number of nitriles is 1. The molecular formula is C20H19N5O3. The van der Waals surface area contributed by atoms with Crippen LogP contribution in [0, 0.1) is 21.4 Å². The number of nitro groups is 1. The third-order valence-corrected chi connectivity index (χ3v) is 4.58. The lowest BCUT2D eigenvalue weighted by atomic mass is 10.1. The molecule has 1 fully saturated rings. The van der Waals surface area contributed by atoms with Gasteiger partial charge in [-0.25, -0.2) is 0 Å². The van der Waals surface area contributed by atoms with Crippen molar-refractivity contribution in [1.29, 1.82) is 5.26 Å². The molecule has 8 nitrogen and oxygen atoms in total. The third-order valence-electron chi connectivity index (χ3n) is 4.58. The molecule has 0 aromatic heterocycles. The summed E-state index contributed by atoms with van der Waals surface area (Å²) in [4.78, 5) is 29.5. The number of hydrogen-bond acceptors (Lipinski definition) is 6. The first-order valence-electron chi connectivity index (χ1n) is 8.84. The van der Waals surface area contributed by atoms with Gasteiger partial charge < -0.3 is 10.2 Å². The average Bonchev–Trinajstić information content (AvgIpc) is 3.24. The molecule has 0 radical (unpaired) electrons. The first-order chi connectivity index (χ1) is 13.5. The first kappa shape index (κ1) is 19.2. The van der Waals surface area contributed by atoms with Gasteiger partial charge in [0, 0.05) is 37.1 Å². The van der Waals surface area contributed by atoms with E-state index in [1.54, 1.807) is 37.5 Å². The number of hydrogen-bond donors (Lipinski definition) is 1. The van der Waals surface area contributed by atoms with E-state index in [9.17, 15) is 14.9 Å². The summed E-state index contributed by atoms with van der Waals surface area (Å²) in [5, 5.41) is 23.5. The summed E-state index contributed by atoms with van der Waals surface area (Å²) < 4.78 is 0. The highest BCUT2D eigenvalue weighted by molar-refractivity contribution is 6.09. The number of nitrogens with one attached hydrogen (secondary N) is 1. The fourth-order valence-corrected chi connectivity index (χ4v) is 3.01. The summed E-state index contributed by atoms with van der Waals surface area (Å²) in [7, 11) is 1.56. The standard InChI is InChI=1S/C20H19N5O3/c1-24(16-6-2-4-14(10-16)12-21)20(26)18-11-17(25(27)28)7-8-19(18)23-13-15-5-3-9-22-15/h2,4,6-8,10-11,13,15,22H,3,5,9H2,1H3. The van der Waals surface area contributed by atoms with E-state index in [1.807, 2.05) is 6.07 Å². The molecule has 0 spiro atoms. The largest absolute Gasteiger partial charge is 0.311 e. The van der Waals surface area contributed by atoms with Crippen molar-refractivity contribution in [1.82, 2.24) is 5.32 Å². The Labute approximate surface area is 162 Å². The second-order valence-electron chi connectivity index (χ2n) is 6.47. The second kappa shape index (κ2) is 8.41. The van der Waals surface area contributed by atoms with Gasteiger partial charge in [-0.2, -0.15) is 5.26 Å². The number of nitro benzene ring substituents is 1. The van der Waals surface area contributed by atoms with E-state index >= 15 is 0 Å². The first-order valence-corrected chi connectivity index (χ1v) is 8.84. The fourth-order valence-electron chi connectivity index (χ4n) is 3.01. The van der Waals surface area contributed by atoms with Gasteiger partial charge in [0.15, 0.2) is 0 Å². The predicted molar refractivity (Wildman–Crippen MR) is 106 cm³/mol. The summed E-state index contributed by atoms with van der Waals surface area (Å²) >= 11 is 0. The fraction of sp³-hybridized carbons (Fsp3) is 0.250. The van der Waals surface area contributed by atoms with Crippen molar-refractivity contribution in [2.45, 2.75) is 18.9 Å². The number of aliphatic imine (C=N–C) groups is 1. The van der Waals surface area contributed by atoms with Crippen molar-refractivity contribution in [2.75, 3.05) is 18.5 Å². The van der Waals surface area contributed by atoms with Crippen LogP contribution in [0.1, 0.15) is 28.8 Å². The van der Waals surface area contributed by atoms with Crippen LogP contribution in [0.5, 0.6) is 0 Å². The number of amides is 1. The minimum Gasteiger partial charge on any atom is -0.311 e. The maximum Gasteiger partial charge on any atom is 0.270 e. The molecule has 2 aromatic carbocycles. The quantitative estimate of drug-likeness (QED) is 0.488. The highest BCUT2D eigenvalue weighted by Crippen LogP contribution is 2.27. The molecule has 28 heavy (non-hydrogen) atoms. The lowest BCUT2D eigenvalue weighted by Gasteiger charge is -2.18. The van der Waals surface area contributed by atoms with Crippen molar-refractivity contribution in [3.05, 3.63) is 63.7 Å². The molecule has 1 saturated heterocycles. The van der Waals surface area contributed by atoms with Gasteiger partial charge in [-0.3, -0.25) is 19.9 Å². The van der Waals surface area contributed by atoms with Gasteiger partial charge in [0.2, 0.25) is 0 Å². The number of anilines is 1. The number of non-ortho nitro benzene ring substituents is 1. The lowest BCUT2D eigenvalue weighted by molar-refractivity contribution is -0.384. The Kier molecular flexibility index (Phi) is 5.77. The van der Waals surface area contributed by atoms with Crippen molar-refractivity contribution in [3.8, 4) is 6.07 Å². The zero-order valence-electron chi connectivity index (χ0n) is 15.3.